The van der Waals surface area contributed by atoms with Gasteiger partial charge in [-0.05, 0) is 6.42 Å². The topological polar surface area (TPSA) is 12.0 Å². The highest BCUT2D eigenvalue weighted by molar-refractivity contribution is 8.11. The third-order valence-electron chi connectivity index (χ3n) is 1.45. The van der Waals surface area contributed by atoms with E-state index in [9.17, 15) is 0 Å². The fourth-order valence-corrected chi connectivity index (χ4v) is 0.888. The van der Waals surface area contributed by atoms with Crippen molar-refractivity contribution >= 4 is 29.2 Å². The van der Waals surface area contributed by atoms with E-state index in [1.807, 2.05) is 0 Å². The lowest BCUT2D eigenvalue weighted by molar-refractivity contribution is 0.724. The van der Waals surface area contributed by atoms with E-state index in [4.69, 9.17) is 0 Å². The van der Waals surface area contributed by atoms with Gasteiger partial charge in [0.15, 0.2) is 0 Å². The third-order valence-corrected chi connectivity index (χ3v) is 1.76. The van der Waals surface area contributed by atoms with Crippen LogP contribution in [0.15, 0.2) is 0 Å². The van der Waals surface area contributed by atoms with Crippen LogP contribution >= 0.6 is 24.8 Å². The van der Waals surface area contributed by atoms with Crippen LogP contribution in [0.4, 0.5) is 0 Å². The fourth-order valence-electron chi connectivity index (χ4n) is 0.674. The second kappa shape index (κ2) is 15.7. The summed E-state index contributed by atoms with van der Waals surface area (Å²) < 4.78 is 0.582. The molecule has 0 aliphatic rings. The van der Waals surface area contributed by atoms with Crippen molar-refractivity contribution in [2.75, 3.05) is 6.54 Å². The van der Waals surface area contributed by atoms with Crippen molar-refractivity contribution < 1.29 is 0 Å². The van der Waals surface area contributed by atoms with Crippen LogP contribution in [-0.4, -0.2) is 10.9 Å². The first-order chi connectivity index (χ1) is 6.68. The minimum atomic E-state index is 0.582. The van der Waals surface area contributed by atoms with Crippen LogP contribution in [0, 0.1) is 20.8 Å². The molecule has 3 radical (unpaired) electrons. The largest absolute Gasteiger partial charge is 0.371 e. The van der Waals surface area contributed by atoms with Crippen molar-refractivity contribution in [2.45, 2.75) is 38.5 Å². The van der Waals surface area contributed by atoms with Crippen LogP contribution in [0.3, 0.4) is 0 Å². The minimum absolute atomic E-state index is 0.582. The molecule has 1 nitrogen and oxygen atoms in total. The first-order valence-corrected chi connectivity index (χ1v) is 5.89. The predicted octanol–water partition coefficient (Wildman–Crippen LogP) is 3.62. The molecule has 0 aromatic carbocycles. The Balaban J connectivity index is 0. The summed E-state index contributed by atoms with van der Waals surface area (Å²) in [6.07, 6.45) is 6.52. The lowest BCUT2D eigenvalue weighted by Crippen LogP contribution is -2.17. The van der Waals surface area contributed by atoms with Gasteiger partial charge in [-0.1, -0.05) is 65.1 Å². The Kier molecular flexibility index (Phi) is 18.7. The van der Waals surface area contributed by atoms with E-state index in [1.165, 1.54) is 6.42 Å². The quantitative estimate of drug-likeness (QED) is 0.412. The summed E-state index contributed by atoms with van der Waals surface area (Å²) in [7, 11) is 0. The molecule has 0 rings (SSSR count). The maximum Gasteiger partial charge on any atom is 0.130 e. The number of rotatable bonds is 6. The van der Waals surface area contributed by atoms with Crippen molar-refractivity contribution in [2.24, 2.45) is 0 Å². The zero-order valence-corrected chi connectivity index (χ0v) is 10.6. The molecule has 0 aliphatic carbocycles. The molecule has 0 bridgehead atoms. The molecule has 0 heterocycles. The smallest absolute Gasteiger partial charge is 0.130 e. The maximum atomic E-state index is 4.68. The van der Waals surface area contributed by atoms with Gasteiger partial charge < -0.3 is 5.32 Å². The molecule has 0 saturated heterocycles. The third kappa shape index (κ3) is 22.8. The lowest BCUT2D eigenvalue weighted by atomic mass is 10.2. The number of hydrogen-bond acceptors (Lipinski definition) is 1. The van der Waals surface area contributed by atoms with Crippen LogP contribution in [0.2, 0.25) is 0 Å². The summed E-state index contributed by atoms with van der Waals surface area (Å²) in [6.45, 7) is 11.9. The van der Waals surface area contributed by atoms with Gasteiger partial charge in [-0.15, -0.1) is 12.6 Å². The van der Waals surface area contributed by atoms with Gasteiger partial charge in [-0.25, -0.2) is 0 Å². The standard InChI is InChI=1S/C6H12NS2.C5H10/c1-2-3-4-5-7-6(8)9;1-3-5-4-2/h1-5H2,(H2,7,8,9);1-5H2. The van der Waals surface area contributed by atoms with Gasteiger partial charge in [-0.2, -0.15) is 0 Å². The van der Waals surface area contributed by atoms with E-state index in [0.717, 1.165) is 38.6 Å². The number of unbranched alkanes of at least 4 members (excludes halogenated alkanes) is 4. The fraction of sp³-hybridized carbons (Fsp3) is 0.636. The molecule has 0 saturated carbocycles. The van der Waals surface area contributed by atoms with E-state index < -0.39 is 0 Å². The summed E-state index contributed by atoms with van der Waals surface area (Å²) in [5, 5.41) is 2.95. The Labute approximate surface area is 100 Å². The van der Waals surface area contributed by atoms with Crippen molar-refractivity contribution in [1.82, 2.24) is 5.32 Å². The lowest BCUT2D eigenvalue weighted by Gasteiger charge is -1.99. The van der Waals surface area contributed by atoms with Gasteiger partial charge in [0, 0.05) is 6.54 Å². The normalized spacial score (nSPS) is 8.86. The maximum absolute atomic E-state index is 4.68. The molecular formula is C11H22NS2. The molecule has 3 heteroatoms. The summed E-state index contributed by atoms with van der Waals surface area (Å²) in [5.74, 6) is 0. The molecular weight excluding hydrogens is 210 g/mol. The second-order valence-corrected chi connectivity index (χ2v) is 4.01. The molecule has 0 aliphatic heterocycles. The number of nitrogens with one attached hydrogen (secondary N) is 1. The number of hydrogen-bond donors (Lipinski definition) is 2. The Morgan fingerprint density at radius 2 is 1.50 bits per heavy atom. The Morgan fingerprint density at radius 3 is 1.79 bits per heavy atom. The van der Waals surface area contributed by atoms with E-state index >= 15 is 0 Å². The van der Waals surface area contributed by atoms with Crippen molar-refractivity contribution in [3.8, 4) is 0 Å². The molecule has 14 heavy (non-hydrogen) atoms. The van der Waals surface area contributed by atoms with Gasteiger partial charge in [0.2, 0.25) is 0 Å². The van der Waals surface area contributed by atoms with E-state index in [2.05, 4.69) is 50.9 Å². The number of thiol groups is 1. The first-order valence-electron chi connectivity index (χ1n) is 5.03. The monoisotopic (exact) mass is 232 g/mol. The SMILES string of the molecule is [CH2]CCCCNC(=S)S.[CH2]CCC[CH2]. The zero-order valence-electron chi connectivity index (χ0n) is 8.93. The Bertz CT molecular complexity index is 114. The minimum Gasteiger partial charge on any atom is -0.371 e. The average Bonchev–Trinajstić information content (AvgIpc) is 2.15. The van der Waals surface area contributed by atoms with E-state index in [-0.39, 0.29) is 0 Å². The highest BCUT2D eigenvalue weighted by Crippen LogP contribution is 1.91. The molecule has 0 spiro atoms. The predicted molar refractivity (Wildman–Crippen MR) is 73.4 cm³/mol. The number of thiocarbonyl (C=S) groups is 1. The summed E-state index contributed by atoms with van der Waals surface area (Å²) in [6, 6.07) is 0. The van der Waals surface area contributed by atoms with Crippen LogP contribution in [0.1, 0.15) is 38.5 Å². The van der Waals surface area contributed by atoms with Gasteiger partial charge in [-0.3, -0.25) is 0 Å². The van der Waals surface area contributed by atoms with Crippen LogP contribution in [0.5, 0.6) is 0 Å². The highest BCUT2D eigenvalue weighted by atomic mass is 32.1. The highest BCUT2D eigenvalue weighted by Gasteiger charge is 1.85. The Morgan fingerprint density at radius 1 is 1.00 bits per heavy atom. The van der Waals surface area contributed by atoms with Gasteiger partial charge >= 0.3 is 0 Å². The molecule has 83 valence electrons. The van der Waals surface area contributed by atoms with Gasteiger partial charge in [0.25, 0.3) is 0 Å². The zero-order chi connectivity index (χ0) is 11.2. The summed E-state index contributed by atoms with van der Waals surface area (Å²) >= 11 is 8.59. The van der Waals surface area contributed by atoms with Gasteiger partial charge in [0.05, 0.1) is 0 Å². The summed E-state index contributed by atoms with van der Waals surface area (Å²) in [5.41, 5.74) is 0. The van der Waals surface area contributed by atoms with E-state index in [0.29, 0.717) is 4.32 Å². The molecule has 1 N–H and O–H groups in total. The van der Waals surface area contributed by atoms with Gasteiger partial charge in [0.1, 0.15) is 4.32 Å². The van der Waals surface area contributed by atoms with Crippen LogP contribution in [0.25, 0.3) is 0 Å². The molecule has 0 amide bonds. The second-order valence-electron chi connectivity index (χ2n) is 2.85. The summed E-state index contributed by atoms with van der Waals surface area (Å²) in [4.78, 5) is 0. The van der Waals surface area contributed by atoms with Crippen molar-refractivity contribution in [3.05, 3.63) is 20.8 Å². The Hall–Kier alpha value is 0.240. The van der Waals surface area contributed by atoms with Crippen molar-refractivity contribution in [1.29, 1.82) is 0 Å². The molecule has 0 unspecified atom stereocenters. The molecule has 0 aromatic heterocycles. The van der Waals surface area contributed by atoms with Crippen LogP contribution in [-0.2, 0) is 0 Å². The molecule has 0 fully saturated rings. The first kappa shape index (κ1) is 16.7. The van der Waals surface area contributed by atoms with Crippen molar-refractivity contribution in [3.63, 3.8) is 0 Å². The molecule has 0 atom stereocenters. The van der Waals surface area contributed by atoms with Crippen LogP contribution < -0.4 is 5.32 Å². The van der Waals surface area contributed by atoms with E-state index in [1.54, 1.807) is 0 Å². The molecule has 0 aromatic rings. The average molecular weight is 232 g/mol.